The lowest BCUT2D eigenvalue weighted by molar-refractivity contribution is -0.120. The van der Waals surface area contributed by atoms with Gasteiger partial charge in [0, 0.05) is 18.5 Å². The van der Waals surface area contributed by atoms with E-state index in [4.69, 9.17) is 4.74 Å². The molecule has 1 aromatic rings. The summed E-state index contributed by atoms with van der Waals surface area (Å²) in [7, 11) is 3.52. The van der Waals surface area contributed by atoms with Crippen LogP contribution in [0.5, 0.6) is 5.75 Å². The number of rotatable bonds is 1. The Morgan fingerprint density at radius 2 is 2.20 bits per heavy atom. The van der Waals surface area contributed by atoms with Gasteiger partial charge in [0.05, 0.1) is 5.69 Å². The van der Waals surface area contributed by atoms with Gasteiger partial charge in [0.2, 0.25) is 5.91 Å². The van der Waals surface area contributed by atoms with Crippen molar-refractivity contribution in [2.24, 2.45) is 5.92 Å². The van der Waals surface area contributed by atoms with E-state index in [0.717, 1.165) is 11.3 Å². The van der Waals surface area contributed by atoms with Gasteiger partial charge >= 0.3 is 0 Å². The number of nitrogens with zero attached hydrogens (tertiary/aromatic N) is 1. The monoisotopic (exact) mass is 272 g/mol. The first kappa shape index (κ1) is 14.4. The fourth-order valence-corrected chi connectivity index (χ4v) is 2.01. The van der Waals surface area contributed by atoms with Gasteiger partial charge in [0.25, 0.3) is 0 Å². The second-order valence-electron chi connectivity index (χ2n) is 5.16. The van der Waals surface area contributed by atoms with Crippen LogP contribution in [0.1, 0.15) is 19.4 Å². The maximum Gasteiger partial charge on any atom is 0.247 e. The molecule has 1 aliphatic heterocycles. The first-order chi connectivity index (χ1) is 9.52. The van der Waals surface area contributed by atoms with Crippen molar-refractivity contribution in [3.05, 3.63) is 23.8 Å². The second kappa shape index (κ2) is 5.98. The molecule has 0 saturated heterocycles. The number of carbonyl (C=O) groups excluding carboxylic acids is 1. The summed E-state index contributed by atoms with van der Waals surface area (Å²) in [5.41, 5.74) is 1.66. The summed E-state index contributed by atoms with van der Waals surface area (Å²) in [6.45, 7) is 4.43. The molecule has 2 rings (SSSR count). The maximum atomic E-state index is 12.3. The highest BCUT2D eigenvalue weighted by atomic mass is 16.5. The van der Waals surface area contributed by atoms with Crippen molar-refractivity contribution in [1.82, 2.24) is 5.32 Å². The van der Waals surface area contributed by atoms with Gasteiger partial charge in [-0.3, -0.25) is 4.79 Å². The van der Waals surface area contributed by atoms with E-state index in [-0.39, 0.29) is 11.9 Å². The average Bonchev–Trinajstić information content (AvgIpc) is 2.55. The molecule has 1 unspecified atom stereocenters. The Morgan fingerprint density at radius 3 is 2.85 bits per heavy atom. The van der Waals surface area contributed by atoms with Crippen molar-refractivity contribution in [2.75, 3.05) is 25.6 Å². The summed E-state index contributed by atoms with van der Waals surface area (Å²) in [6, 6.07) is 5.38. The first-order valence-corrected chi connectivity index (χ1v) is 6.76. The molecular weight excluding hydrogens is 252 g/mol. The lowest BCUT2D eigenvalue weighted by atomic mass is 10.1. The van der Waals surface area contributed by atoms with Crippen LogP contribution in [-0.4, -0.2) is 32.7 Å². The molecule has 1 aromatic carbocycles. The first-order valence-electron chi connectivity index (χ1n) is 6.76. The SMILES string of the molecule is CNC1COc2ccc(C#CC(C)C)cc2N(C)C1=O. The summed E-state index contributed by atoms with van der Waals surface area (Å²) in [6.07, 6.45) is 0. The molecule has 0 spiro atoms. The highest BCUT2D eigenvalue weighted by Crippen LogP contribution is 2.31. The summed E-state index contributed by atoms with van der Waals surface area (Å²) >= 11 is 0. The predicted octanol–water partition coefficient (Wildman–Crippen LogP) is 1.64. The third-order valence-corrected chi connectivity index (χ3v) is 3.21. The summed E-state index contributed by atoms with van der Waals surface area (Å²) < 4.78 is 5.70. The number of fused-ring (bicyclic) bond motifs is 1. The zero-order chi connectivity index (χ0) is 14.7. The van der Waals surface area contributed by atoms with Crippen LogP contribution >= 0.6 is 0 Å². The number of benzene rings is 1. The van der Waals surface area contributed by atoms with E-state index < -0.39 is 0 Å². The van der Waals surface area contributed by atoms with E-state index in [9.17, 15) is 4.79 Å². The van der Waals surface area contributed by atoms with Crippen molar-refractivity contribution in [2.45, 2.75) is 19.9 Å². The lowest BCUT2D eigenvalue weighted by Gasteiger charge is -2.19. The number of anilines is 1. The summed E-state index contributed by atoms with van der Waals surface area (Å²) in [4.78, 5) is 13.9. The van der Waals surface area contributed by atoms with Crippen LogP contribution in [0.25, 0.3) is 0 Å². The van der Waals surface area contributed by atoms with Crippen LogP contribution in [0, 0.1) is 17.8 Å². The van der Waals surface area contributed by atoms with E-state index in [1.54, 1.807) is 19.0 Å². The molecule has 1 atom stereocenters. The highest BCUT2D eigenvalue weighted by Gasteiger charge is 2.28. The van der Waals surface area contributed by atoms with Gasteiger partial charge in [-0.05, 0) is 25.2 Å². The van der Waals surface area contributed by atoms with Crippen molar-refractivity contribution >= 4 is 11.6 Å². The van der Waals surface area contributed by atoms with Crippen LogP contribution in [0.4, 0.5) is 5.69 Å². The zero-order valence-electron chi connectivity index (χ0n) is 12.4. The minimum absolute atomic E-state index is 0.000203. The third kappa shape index (κ3) is 2.94. The van der Waals surface area contributed by atoms with Crippen LogP contribution in [-0.2, 0) is 4.79 Å². The van der Waals surface area contributed by atoms with Gasteiger partial charge in [-0.25, -0.2) is 0 Å². The molecule has 1 amide bonds. The largest absolute Gasteiger partial charge is 0.489 e. The quantitative estimate of drug-likeness (QED) is 0.790. The van der Waals surface area contributed by atoms with E-state index in [1.807, 2.05) is 32.0 Å². The molecule has 0 aromatic heterocycles. The Hall–Kier alpha value is -1.99. The molecule has 1 heterocycles. The number of ether oxygens (including phenoxy) is 1. The van der Waals surface area contributed by atoms with E-state index in [1.165, 1.54) is 0 Å². The standard InChI is InChI=1S/C16H20N2O2/c1-11(2)5-6-12-7-8-15-14(9-12)18(4)16(19)13(17-3)10-20-15/h7-9,11,13,17H,10H2,1-4H3. The fourth-order valence-electron chi connectivity index (χ4n) is 2.01. The van der Waals surface area contributed by atoms with Crippen LogP contribution in [0.2, 0.25) is 0 Å². The topological polar surface area (TPSA) is 41.6 Å². The molecule has 1 N–H and O–H groups in total. The van der Waals surface area contributed by atoms with Crippen LogP contribution < -0.4 is 15.0 Å². The van der Waals surface area contributed by atoms with Crippen molar-refractivity contribution in [3.63, 3.8) is 0 Å². The normalized spacial score (nSPS) is 17.9. The summed E-state index contributed by atoms with van der Waals surface area (Å²) in [5, 5.41) is 2.97. The molecular formula is C16H20N2O2. The van der Waals surface area contributed by atoms with Crippen molar-refractivity contribution in [1.29, 1.82) is 0 Å². The van der Waals surface area contributed by atoms with Gasteiger partial charge < -0.3 is 15.0 Å². The number of likely N-dealkylation sites (N-methyl/N-ethyl adjacent to an activating group) is 2. The number of amides is 1. The molecule has 0 fully saturated rings. The minimum Gasteiger partial charge on any atom is -0.489 e. The predicted molar refractivity (Wildman–Crippen MR) is 79.9 cm³/mol. The number of carbonyl (C=O) groups is 1. The Kier molecular flexibility index (Phi) is 4.31. The smallest absolute Gasteiger partial charge is 0.247 e. The molecule has 0 radical (unpaired) electrons. The van der Waals surface area contributed by atoms with E-state index in [2.05, 4.69) is 17.2 Å². The molecule has 0 saturated carbocycles. The van der Waals surface area contributed by atoms with Gasteiger partial charge in [0.1, 0.15) is 18.4 Å². The van der Waals surface area contributed by atoms with E-state index in [0.29, 0.717) is 18.3 Å². The Labute approximate surface area is 120 Å². The third-order valence-electron chi connectivity index (χ3n) is 3.21. The zero-order valence-corrected chi connectivity index (χ0v) is 12.4. The van der Waals surface area contributed by atoms with Crippen LogP contribution in [0.15, 0.2) is 18.2 Å². The minimum atomic E-state index is -0.322. The van der Waals surface area contributed by atoms with Gasteiger partial charge in [-0.2, -0.15) is 0 Å². The number of nitrogens with one attached hydrogen (secondary N) is 1. The summed E-state index contributed by atoms with van der Waals surface area (Å²) in [5.74, 6) is 7.27. The molecule has 20 heavy (non-hydrogen) atoms. The van der Waals surface area contributed by atoms with Crippen molar-refractivity contribution in [3.8, 4) is 17.6 Å². The van der Waals surface area contributed by atoms with Gasteiger partial charge in [0.15, 0.2) is 0 Å². The highest BCUT2D eigenvalue weighted by molar-refractivity contribution is 5.99. The molecule has 106 valence electrons. The molecule has 4 heteroatoms. The fraction of sp³-hybridized carbons (Fsp3) is 0.438. The Balaban J connectivity index is 2.37. The second-order valence-corrected chi connectivity index (χ2v) is 5.16. The molecule has 0 bridgehead atoms. The Bertz CT molecular complexity index is 570. The number of hydrogen-bond donors (Lipinski definition) is 1. The number of hydrogen-bond acceptors (Lipinski definition) is 3. The van der Waals surface area contributed by atoms with E-state index >= 15 is 0 Å². The van der Waals surface area contributed by atoms with Crippen LogP contribution in [0.3, 0.4) is 0 Å². The molecule has 0 aliphatic carbocycles. The van der Waals surface area contributed by atoms with Gasteiger partial charge in [-0.15, -0.1) is 0 Å². The van der Waals surface area contributed by atoms with Gasteiger partial charge in [-0.1, -0.05) is 25.7 Å². The molecule has 1 aliphatic rings. The molecule has 4 nitrogen and oxygen atoms in total. The lowest BCUT2D eigenvalue weighted by Crippen LogP contribution is -2.45. The average molecular weight is 272 g/mol. The van der Waals surface area contributed by atoms with Crippen molar-refractivity contribution < 1.29 is 9.53 Å². The maximum absolute atomic E-state index is 12.3. The Morgan fingerprint density at radius 1 is 1.45 bits per heavy atom.